The van der Waals surface area contributed by atoms with Crippen molar-refractivity contribution in [2.45, 2.75) is 58.4 Å². The molecule has 9 rings (SSSR count). The number of pyridine rings is 2. The number of esters is 1. The van der Waals surface area contributed by atoms with E-state index in [4.69, 9.17) is 4.74 Å². The van der Waals surface area contributed by atoms with Gasteiger partial charge in [-0.25, -0.2) is 9.59 Å². The number of ether oxygens (including phenoxy) is 1. The molecule has 372 valence electrons. The number of aromatic hydroxyl groups is 1. The lowest BCUT2D eigenvalue weighted by Gasteiger charge is -2.44. The van der Waals surface area contributed by atoms with Crippen molar-refractivity contribution in [3.63, 3.8) is 0 Å². The topological polar surface area (TPSA) is 176 Å². The van der Waals surface area contributed by atoms with Gasteiger partial charge in [-0.2, -0.15) is 0 Å². The highest BCUT2D eigenvalue weighted by Gasteiger charge is 2.33. The number of carboxylic acid groups (broad SMARTS) is 1. The first-order chi connectivity index (χ1) is 34.0. The highest BCUT2D eigenvalue weighted by molar-refractivity contribution is 5.99. The molecule has 71 heavy (non-hydrogen) atoms. The zero-order chi connectivity index (χ0) is 50.4. The summed E-state index contributed by atoms with van der Waals surface area (Å²) >= 11 is 0. The molecular formula is C55H65N9O7. The van der Waals surface area contributed by atoms with E-state index >= 15 is 0 Å². The van der Waals surface area contributed by atoms with Gasteiger partial charge in [-0.1, -0.05) is 56.3 Å². The summed E-state index contributed by atoms with van der Waals surface area (Å²) in [5.74, 6) is -3.97. The number of aryl methyl sites for hydroxylation is 2. The summed E-state index contributed by atoms with van der Waals surface area (Å²) in [4.78, 5) is 71.9. The third-order valence-electron chi connectivity index (χ3n) is 14.8. The summed E-state index contributed by atoms with van der Waals surface area (Å²) < 4.78 is 10.1. The fourth-order valence-corrected chi connectivity index (χ4v) is 10.4. The summed E-state index contributed by atoms with van der Waals surface area (Å²) in [6, 6.07) is 27.2. The van der Waals surface area contributed by atoms with E-state index in [2.05, 4.69) is 108 Å². The molecule has 2 aliphatic rings. The van der Waals surface area contributed by atoms with Gasteiger partial charge < -0.3 is 39.0 Å². The van der Waals surface area contributed by atoms with Crippen LogP contribution >= 0.6 is 0 Å². The Balaban J connectivity index is 0.948. The Labute approximate surface area is 413 Å². The maximum absolute atomic E-state index is 14.2. The molecule has 0 amide bonds. The van der Waals surface area contributed by atoms with E-state index in [9.17, 15) is 29.4 Å². The molecule has 4 N–H and O–H groups in total. The van der Waals surface area contributed by atoms with E-state index in [0.717, 1.165) is 92.1 Å². The van der Waals surface area contributed by atoms with Gasteiger partial charge in [0.1, 0.15) is 5.75 Å². The van der Waals surface area contributed by atoms with Gasteiger partial charge in [-0.3, -0.25) is 29.2 Å². The lowest BCUT2D eigenvalue weighted by Crippen LogP contribution is -2.58. The summed E-state index contributed by atoms with van der Waals surface area (Å²) in [5.41, 5.74) is 4.57. The van der Waals surface area contributed by atoms with Crippen LogP contribution in [0.2, 0.25) is 0 Å². The number of hydrogen-bond donors (Lipinski definition) is 4. The minimum Gasteiger partial charge on any atom is -0.506 e. The van der Waals surface area contributed by atoms with Crippen LogP contribution in [-0.2, 0) is 46.6 Å². The van der Waals surface area contributed by atoms with Crippen LogP contribution in [0.5, 0.6) is 11.5 Å². The van der Waals surface area contributed by atoms with Crippen molar-refractivity contribution in [2.24, 2.45) is 14.1 Å². The third kappa shape index (κ3) is 9.69. The van der Waals surface area contributed by atoms with E-state index in [1.54, 1.807) is 13.8 Å². The van der Waals surface area contributed by atoms with Gasteiger partial charge in [0.05, 0.1) is 11.4 Å². The standard InChI is InChI=1S/C55H65N9O7/c1-9-42-48(34-16-18-44-36(22-34)24-38(61(44)7)27-63-29-40(30-63)59(5)21-20-58(3)4)56-52(66)46(50(42)65)55(70)71-51-43(10-2)49(57-53(67)47(51)54(68)69)35-17-19-45-37(23-35)25-39(62(45)8)28-64-31-41(32-64)60(6)26-33-14-12-11-13-15-33/h11-19,22-25,40-41H,9-10,20-21,26-32H2,1-8H3,(H,57,67)(H,68,69)(H2,56,65,66). The monoisotopic (exact) mass is 964 g/mol. The van der Waals surface area contributed by atoms with Crippen LogP contribution in [0.3, 0.4) is 0 Å². The van der Waals surface area contributed by atoms with Crippen LogP contribution in [-0.4, -0.2) is 145 Å². The smallest absolute Gasteiger partial charge is 0.353 e. The number of aromatic amines is 2. The number of nitrogens with one attached hydrogen (secondary N) is 2. The number of benzene rings is 3. The van der Waals surface area contributed by atoms with Crippen molar-refractivity contribution in [3.05, 3.63) is 139 Å². The predicted octanol–water partition coefficient (Wildman–Crippen LogP) is 6.12. The molecule has 0 radical (unpaired) electrons. The summed E-state index contributed by atoms with van der Waals surface area (Å²) in [5, 5.41) is 23.9. The number of fused-ring (bicyclic) bond motifs is 2. The number of hydrogen-bond acceptors (Lipinski definition) is 11. The summed E-state index contributed by atoms with van der Waals surface area (Å²) in [6.45, 7) is 11.9. The Morgan fingerprint density at radius 2 is 1.18 bits per heavy atom. The Hall–Kier alpha value is -6.82. The van der Waals surface area contributed by atoms with E-state index in [-0.39, 0.29) is 24.1 Å². The number of nitrogens with zero attached hydrogens (tertiary/aromatic N) is 7. The fourth-order valence-electron chi connectivity index (χ4n) is 10.4. The number of aromatic nitrogens is 4. The molecule has 3 aromatic carbocycles. The Kier molecular flexibility index (Phi) is 13.9. The van der Waals surface area contributed by atoms with Crippen molar-refractivity contribution in [1.82, 2.24) is 43.6 Å². The van der Waals surface area contributed by atoms with Crippen LogP contribution < -0.4 is 15.9 Å². The molecule has 0 spiro atoms. The Bertz CT molecular complexity index is 3270. The molecule has 2 aliphatic heterocycles. The van der Waals surface area contributed by atoms with Crippen molar-refractivity contribution in [2.75, 3.05) is 67.5 Å². The first-order valence-corrected chi connectivity index (χ1v) is 24.5. The van der Waals surface area contributed by atoms with Gasteiger partial charge in [-0.05, 0) is 94.1 Å². The first-order valence-electron chi connectivity index (χ1n) is 24.5. The molecular weight excluding hydrogens is 899 g/mol. The lowest BCUT2D eigenvalue weighted by atomic mass is 9.99. The predicted molar refractivity (Wildman–Crippen MR) is 278 cm³/mol. The average molecular weight is 964 g/mol. The number of carboxylic acids is 1. The molecule has 16 nitrogen and oxygen atoms in total. The molecule has 0 atom stereocenters. The number of aromatic carboxylic acids is 1. The zero-order valence-corrected chi connectivity index (χ0v) is 42.0. The second kappa shape index (κ2) is 20.1. The van der Waals surface area contributed by atoms with Gasteiger partial charge in [0, 0.05) is 129 Å². The van der Waals surface area contributed by atoms with Gasteiger partial charge in [0.2, 0.25) is 0 Å². The Morgan fingerprint density at radius 1 is 0.676 bits per heavy atom. The van der Waals surface area contributed by atoms with Crippen LogP contribution in [0.1, 0.15) is 62.6 Å². The lowest BCUT2D eigenvalue weighted by molar-refractivity contribution is 0.0381. The SMILES string of the molecule is CCc1c(-c2ccc3c(c2)cc(CN2CC(N(C)CCN(C)C)C2)n3C)[nH]c(=O)c(C(=O)Oc2c(CC)c(-c3ccc4c(c3)cc(CN3CC(N(C)Cc5ccccc5)C3)n4C)[nH]c(=O)c2C(=O)O)c1O. The number of rotatable bonds is 18. The van der Waals surface area contributed by atoms with Crippen LogP contribution in [0.25, 0.3) is 44.3 Å². The minimum absolute atomic E-state index is 0.153. The number of H-pyrrole nitrogens is 2. The number of likely N-dealkylation sites (N-methyl/N-ethyl adjacent to an activating group) is 3. The van der Waals surface area contributed by atoms with E-state index in [1.807, 2.05) is 56.6 Å². The van der Waals surface area contributed by atoms with Crippen molar-refractivity contribution in [1.29, 1.82) is 0 Å². The molecule has 6 heterocycles. The highest BCUT2D eigenvalue weighted by Crippen LogP contribution is 2.37. The van der Waals surface area contributed by atoms with Crippen LogP contribution in [0.15, 0.2) is 88.5 Å². The van der Waals surface area contributed by atoms with E-state index in [0.29, 0.717) is 34.5 Å². The molecule has 0 saturated carbocycles. The number of carbonyl (C=O) groups is 2. The molecule has 0 bridgehead atoms. The highest BCUT2D eigenvalue weighted by atomic mass is 16.5. The van der Waals surface area contributed by atoms with Crippen LogP contribution in [0, 0.1) is 0 Å². The molecule has 2 fully saturated rings. The van der Waals surface area contributed by atoms with Gasteiger partial charge in [0.15, 0.2) is 16.9 Å². The molecule has 16 heteroatoms. The molecule has 0 aliphatic carbocycles. The molecule has 2 saturated heterocycles. The van der Waals surface area contributed by atoms with Crippen molar-refractivity contribution < 1.29 is 24.5 Å². The molecule has 4 aromatic heterocycles. The fraction of sp³-hybridized carbons (Fsp3) is 0.382. The minimum atomic E-state index is -1.61. The zero-order valence-electron chi connectivity index (χ0n) is 42.0. The van der Waals surface area contributed by atoms with E-state index < -0.39 is 45.7 Å². The Morgan fingerprint density at radius 3 is 1.69 bits per heavy atom. The normalized spacial score (nSPS) is 14.9. The maximum Gasteiger partial charge on any atom is 0.353 e. The second-order valence-corrected chi connectivity index (χ2v) is 19.8. The number of carbonyl (C=O) groups excluding carboxylic acids is 1. The summed E-state index contributed by atoms with van der Waals surface area (Å²) in [6.07, 6.45) is 0.388. The molecule has 0 unspecified atom stereocenters. The quantitative estimate of drug-likeness (QED) is 0.0727. The average Bonchev–Trinajstić information content (AvgIpc) is 3.80. The molecule has 7 aromatic rings. The first kappa shape index (κ1) is 49.2. The van der Waals surface area contributed by atoms with Gasteiger partial charge in [0.25, 0.3) is 11.1 Å². The van der Waals surface area contributed by atoms with Crippen molar-refractivity contribution in [3.8, 4) is 34.0 Å². The second-order valence-electron chi connectivity index (χ2n) is 19.8. The third-order valence-corrected chi connectivity index (χ3v) is 14.8. The van der Waals surface area contributed by atoms with Gasteiger partial charge in [-0.15, -0.1) is 0 Å². The van der Waals surface area contributed by atoms with Crippen LogP contribution in [0.4, 0.5) is 0 Å². The largest absolute Gasteiger partial charge is 0.506 e. The van der Waals surface area contributed by atoms with E-state index in [1.165, 1.54) is 5.56 Å². The van der Waals surface area contributed by atoms with Crippen molar-refractivity contribution >= 4 is 33.7 Å². The summed E-state index contributed by atoms with van der Waals surface area (Å²) in [7, 11) is 12.6. The number of likely N-dealkylation sites (tertiary alicyclic amines) is 2. The van der Waals surface area contributed by atoms with Gasteiger partial charge >= 0.3 is 11.9 Å². The maximum atomic E-state index is 14.2.